The standard InChI is InChI=1S/C24H28N4O3/c1-3-4-13-31-22-11-9-19(14-23(22)30-2)10-12-24(29)26-15-20-7-5-6-8-21(20)16-28-18-25-17-27-28/h5-12,14,17-18H,3-4,13,15-16H2,1-2H3,(H,26,29)/b12-10+. The topological polar surface area (TPSA) is 78.3 Å². The molecule has 2 aromatic carbocycles. The van der Waals surface area contributed by atoms with Crippen molar-refractivity contribution >= 4 is 12.0 Å². The Balaban J connectivity index is 1.57. The summed E-state index contributed by atoms with van der Waals surface area (Å²) in [5.74, 6) is 1.19. The second-order valence-electron chi connectivity index (χ2n) is 7.03. The zero-order chi connectivity index (χ0) is 21.9. The Morgan fingerprint density at radius 2 is 2.00 bits per heavy atom. The van der Waals surface area contributed by atoms with Gasteiger partial charge in [0, 0.05) is 12.6 Å². The molecule has 31 heavy (non-hydrogen) atoms. The fourth-order valence-corrected chi connectivity index (χ4v) is 3.02. The van der Waals surface area contributed by atoms with Crippen LogP contribution in [0.3, 0.4) is 0 Å². The van der Waals surface area contributed by atoms with Crippen molar-refractivity contribution in [3.8, 4) is 11.5 Å². The molecule has 1 amide bonds. The normalized spacial score (nSPS) is 10.9. The Morgan fingerprint density at radius 3 is 2.74 bits per heavy atom. The lowest BCUT2D eigenvalue weighted by atomic mass is 10.1. The first-order valence-electron chi connectivity index (χ1n) is 10.4. The van der Waals surface area contributed by atoms with E-state index in [-0.39, 0.29) is 5.91 Å². The molecule has 3 aromatic rings. The average Bonchev–Trinajstić information content (AvgIpc) is 3.31. The minimum Gasteiger partial charge on any atom is -0.493 e. The third kappa shape index (κ3) is 6.70. The number of methoxy groups -OCH3 is 1. The van der Waals surface area contributed by atoms with Crippen LogP contribution >= 0.6 is 0 Å². The Kier molecular flexibility index (Phi) is 8.22. The SMILES string of the molecule is CCCCOc1ccc(/C=C/C(=O)NCc2ccccc2Cn2cncn2)cc1OC. The summed E-state index contributed by atoms with van der Waals surface area (Å²) < 4.78 is 12.9. The first-order valence-corrected chi connectivity index (χ1v) is 10.4. The zero-order valence-corrected chi connectivity index (χ0v) is 18.0. The van der Waals surface area contributed by atoms with Crippen molar-refractivity contribution in [2.45, 2.75) is 32.9 Å². The molecule has 0 aliphatic rings. The molecule has 0 aliphatic carbocycles. The van der Waals surface area contributed by atoms with E-state index in [0.29, 0.717) is 31.2 Å². The van der Waals surface area contributed by atoms with Crippen LogP contribution in [0.5, 0.6) is 11.5 Å². The summed E-state index contributed by atoms with van der Waals surface area (Å²) in [6.07, 6.45) is 8.53. The fourth-order valence-electron chi connectivity index (χ4n) is 3.02. The second-order valence-corrected chi connectivity index (χ2v) is 7.03. The Hall–Kier alpha value is -3.61. The number of nitrogens with one attached hydrogen (secondary N) is 1. The number of aromatic nitrogens is 3. The van der Waals surface area contributed by atoms with Crippen LogP contribution in [0.25, 0.3) is 6.08 Å². The van der Waals surface area contributed by atoms with Gasteiger partial charge in [0.05, 0.1) is 20.3 Å². The van der Waals surface area contributed by atoms with Crippen molar-refractivity contribution in [3.63, 3.8) is 0 Å². The summed E-state index contributed by atoms with van der Waals surface area (Å²) in [6, 6.07) is 13.6. The van der Waals surface area contributed by atoms with Gasteiger partial charge in [-0.05, 0) is 41.3 Å². The molecule has 0 spiro atoms. The molecule has 7 nitrogen and oxygen atoms in total. The molecule has 1 aromatic heterocycles. The molecule has 0 bridgehead atoms. The van der Waals surface area contributed by atoms with Gasteiger partial charge in [0.15, 0.2) is 11.5 Å². The molecule has 0 saturated carbocycles. The first-order chi connectivity index (χ1) is 15.2. The van der Waals surface area contributed by atoms with Crippen LogP contribution < -0.4 is 14.8 Å². The van der Waals surface area contributed by atoms with E-state index in [9.17, 15) is 4.79 Å². The molecule has 1 heterocycles. The van der Waals surface area contributed by atoms with Gasteiger partial charge in [-0.15, -0.1) is 0 Å². The molecule has 0 fully saturated rings. The van der Waals surface area contributed by atoms with Gasteiger partial charge in [-0.25, -0.2) is 9.67 Å². The largest absolute Gasteiger partial charge is 0.493 e. The number of unbranched alkanes of at least 4 members (excludes halogenated alkanes) is 1. The quantitative estimate of drug-likeness (QED) is 0.377. The molecule has 0 radical (unpaired) electrons. The number of carbonyl (C=O) groups excluding carboxylic acids is 1. The van der Waals surface area contributed by atoms with Crippen LogP contribution in [0.4, 0.5) is 0 Å². The van der Waals surface area contributed by atoms with E-state index in [1.54, 1.807) is 24.2 Å². The van der Waals surface area contributed by atoms with Crippen molar-refractivity contribution < 1.29 is 14.3 Å². The van der Waals surface area contributed by atoms with Crippen LogP contribution in [0.1, 0.15) is 36.5 Å². The summed E-state index contributed by atoms with van der Waals surface area (Å²) in [6.45, 7) is 3.81. The maximum Gasteiger partial charge on any atom is 0.244 e. The molecule has 3 rings (SSSR count). The summed E-state index contributed by atoms with van der Waals surface area (Å²) >= 11 is 0. The molecule has 0 unspecified atom stereocenters. The van der Waals surface area contributed by atoms with Crippen LogP contribution in [0.15, 0.2) is 61.2 Å². The monoisotopic (exact) mass is 420 g/mol. The maximum atomic E-state index is 12.3. The van der Waals surface area contributed by atoms with Crippen LogP contribution in [-0.4, -0.2) is 34.4 Å². The van der Waals surface area contributed by atoms with Gasteiger partial charge in [-0.1, -0.05) is 43.7 Å². The van der Waals surface area contributed by atoms with Crippen LogP contribution in [-0.2, 0) is 17.9 Å². The number of rotatable bonds is 11. The van der Waals surface area contributed by atoms with E-state index >= 15 is 0 Å². The number of ether oxygens (including phenoxy) is 2. The van der Waals surface area contributed by atoms with Crippen molar-refractivity contribution in [3.05, 3.63) is 77.9 Å². The van der Waals surface area contributed by atoms with Gasteiger partial charge in [0.2, 0.25) is 5.91 Å². The Bertz CT molecular complexity index is 1000. The highest BCUT2D eigenvalue weighted by Gasteiger charge is 2.06. The predicted molar refractivity (Wildman–Crippen MR) is 120 cm³/mol. The second kappa shape index (κ2) is 11.5. The summed E-state index contributed by atoms with van der Waals surface area (Å²) in [7, 11) is 1.61. The van der Waals surface area contributed by atoms with E-state index in [1.165, 1.54) is 12.4 Å². The van der Waals surface area contributed by atoms with Crippen molar-refractivity contribution in [2.24, 2.45) is 0 Å². The van der Waals surface area contributed by atoms with Gasteiger partial charge in [0.25, 0.3) is 0 Å². The van der Waals surface area contributed by atoms with E-state index in [2.05, 4.69) is 22.3 Å². The maximum absolute atomic E-state index is 12.3. The van der Waals surface area contributed by atoms with Crippen LogP contribution in [0, 0.1) is 0 Å². The lowest BCUT2D eigenvalue weighted by molar-refractivity contribution is -0.116. The first kappa shape index (κ1) is 22.1. The fraction of sp³-hybridized carbons (Fsp3) is 0.292. The lowest BCUT2D eigenvalue weighted by Gasteiger charge is -2.11. The highest BCUT2D eigenvalue weighted by atomic mass is 16.5. The van der Waals surface area contributed by atoms with Gasteiger partial charge in [-0.2, -0.15) is 5.10 Å². The average molecular weight is 421 g/mol. The Morgan fingerprint density at radius 1 is 1.16 bits per heavy atom. The molecular weight excluding hydrogens is 392 g/mol. The number of nitrogens with zero attached hydrogens (tertiary/aromatic N) is 3. The summed E-state index contributed by atoms with van der Waals surface area (Å²) in [5, 5.41) is 7.08. The Labute approximate surface area is 182 Å². The number of benzene rings is 2. The molecule has 0 atom stereocenters. The summed E-state index contributed by atoms with van der Waals surface area (Å²) in [5.41, 5.74) is 2.98. The molecular formula is C24H28N4O3. The molecule has 162 valence electrons. The number of carbonyl (C=O) groups is 1. The van der Waals surface area contributed by atoms with Gasteiger partial charge in [-0.3, -0.25) is 4.79 Å². The van der Waals surface area contributed by atoms with Crippen molar-refractivity contribution in [1.29, 1.82) is 0 Å². The minimum absolute atomic E-state index is 0.169. The third-order valence-corrected chi connectivity index (χ3v) is 4.74. The highest BCUT2D eigenvalue weighted by Crippen LogP contribution is 2.28. The van der Waals surface area contributed by atoms with Crippen molar-refractivity contribution in [1.82, 2.24) is 20.1 Å². The van der Waals surface area contributed by atoms with E-state index in [0.717, 1.165) is 29.5 Å². The smallest absolute Gasteiger partial charge is 0.244 e. The molecule has 1 N–H and O–H groups in total. The van der Waals surface area contributed by atoms with Crippen LogP contribution in [0.2, 0.25) is 0 Å². The van der Waals surface area contributed by atoms with E-state index in [4.69, 9.17) is 9.47 Å². The summed E-state index contributed by atoms with van der Waals surface area (Å²) in [4.78, 5) is 16.3. The van der Waals surface area contributed by atoms with E-state index in [1.807, 2.05) is 42.5 Å². The van der Waals surface area contributed by atoms with Gasteiger partial charge in [0.1, 0.15) is 12.7 Å². The minimum atomic E-state index is -0.169. The zero-order valence-electron chi connectivity index (χ0n) is 18.0. The number of hydrogen-bond donors (Lipinski definition) is 1. The number of amides is 1. The van der Waals surface area contributed by atoms with E-state index < -0.39 is 0 Å². The van der Waals surface area contributed by atoms with Gasteiger partial charge < -0.3 is 14.8 Å². The predicted octanol–water partition coefficient (Wildman–Crippen LogP) is 3.84. The lowest BCUT2D eigenvalue weighted by Crippen LogP contribution is -2.21. The third-order valence-electron chi connectivity index (χ3n) is 4.74. The van der Waals surface area contributed by atoms with Gasteiger partial charge >= 0.3 is 0 Å². The highest BCUT2D eigenvalue weighted by molar-refractivity contribution is 5.91. The van der Waals surface area contributed by atoms with Crippen molar-refractivity contribution in [2.75, 3.05) is 13.7 Å². The number of hydrogen-bond acceptors (Lipinski definition) is 5. The molecule has 0 aliphatic heterocycles. The molecule has 0 saturated heterocycles. The molecule has 7 heteroatoms.